The lowest BCUT2D eigenvalue weighted by molar-refractivity contribution is 0.785. The molecule has 0 atom stereocenters. The molecule has 2 aromatic rings. The number of hydrogen-bond acceptors (Lipinski definition) is 2. The molecule has 0 N–H and O–H groups in total. The lowest BCUT2D eigenvalue weighted by atomic mass is 10.3. The van der Waals surface area contributed by atoms with Gasteiger partial charge in [-0.3, -0.25) is 0 Å². The van der Waals surface area contributed by atoms with Gasteiger partial charge in [0.15, 0.2) is 0 Å². The molecule has 0 saturated carbocycles. The van der Waals surface area contributed by atoms with Crippen LogP contribution in [0.2, 0.25) is 0 Å². The Morgan fingerprint density at radius 2 is 2.00 bits per heavy atom. The highest BCUT2D eigenvalue weighted by atomic mass is 15.4. The van der Waals surface area contributed by atoms with E-state index in [9.17, 15) is 0 Å². The Hall–Kier alpha value is -1.64. The number of hydrogen-bond donors (Lipinski definition) is 0. The third-order valence-electron chi connectivity index (χ3n) is 1.66. The second-order valence-corrected chi connectivity index (χ2v) is 2.53. The highest BCUT2D eigenvalue weighted by Gasteiger charge is 1.99. The molecule has 0 aliphatic rings. The van der Waals surface area contributed by atoms with Crippen LogP contribution < -0.4 is 0 Å². The van der Waals surface area contributed by atoms with Crippen LogP contribution in [0.15, 0.2) is 30.3 Å². The summed E-state index contributed by atoms with van der Waals surface area (Å²) in [6, 6.07) is 9.87. The number of aromatic nitrogens is 3. The Morgan fingerprint density at radius 1 is 1.25 bits per heavy atom. The average Bonchev–Trinajstić information content (AvgIpc) is 2.53. The minimum absolute atomic E-state index is 0.918. The van der Waals surface area contributed by atoms with Gasteiger partial charge in [0, 0.05) is 0 Å². The number of nitrogens with zero attached hydrogens (tertiary/aromatic N) is 3. The molecule has 0 aliphatic heterocycles. The first-order valence-corrected chi connectivity index (χ1v) is 3.73. The fourth-order valence-corrected chi connectivity index (χ4v) is 1.07. The Bertz CT molecular complexity index is 364. The maximum Gasteiger partial charge on any atom is 0.138 e. The van der Waals surface area contributed by atoms with E-state index < -0.39 is 0 Å². The van der Waals surface area contributed by atoms with E-state index >= 15 is 0 Å². The van der Waals surface area contributed by atoms with Crippen molar-refractivity contribution < 1.29 is 0 Å². The summed E-state index contributed by atoms with van der Waals surface area (Å²) in [5, 5.41) is 7.58. The summed E-state index contributed by atoms with van der Waals surface area (Å²) < 4.78 is 1.75. The first kappa shape index (κ1) is 7.03. The van der Waals surface area contributed by atoms with E-state index in [1.54, 1.807) is 4.68 Å². The van der Waals surface area contributed by atoms with Crippen LogP contribution >= 0.6 is 0 Å². The smallest absolute Gasteiger partial charge is 0.138 e. The summed E-state index contributed by atoms with van der Waals surface area (Å²) in [6.45, 7) is 1.92. The minimum Gasteiger partial charge on any atom is -0.217 e. The first-order chi connectivity index (χ1) is 5.88. The van der Waals surface area contributed by atoms with Gasteiger partial charge in [0.1, 0.15) is 6.20 Å². The zero-order chi connectivity index (χ0) is 8.39. The van der Waals surface area contributed by atoms with Gasteiger partial charge in [-0.15, -0.1) is 5.10 Å². The number of rotatable bonds is 1. The summed E-state index contributed by atoms with van der Waals surface area (Å²) in [7, 11) is 0. The van der Waals surface area contributed by atoms with Gasteiger partial charge in [-0.1, -0.05) is 23.4 Å². The summed E-state index contributed by atoms with van der Waals surface area (Å²) in [6.07, 6.45) is 2.77. The summed E-state index contributed by atoms with van der Waals surface area (Å²) in [5.41, 5.74) is 1.94. The van der Waals surface area contributed by atoms with Gasteiger partial charge in [0.2, 0.25) is 0 Å². The van der Waals surface area contributed by atoms with Gasteiger partial charge < -0.3 is 0 Å². The quantitative estimate of drug-likeness (QED) is 0.627. The van der Waals surface area contributed by atoms with E-state index in [-0.39, 0.29) is 0 Å². The molecule has 3 nitrogen and oxygen atoms in total. The van der Waals surface area contributed by atoms with Crippen molar-refractivity contribution in [3.8, 4) is 5.69 Å². The molecule has 0 aliphatic carbocycles. The Labute approximate surface area is 70.6 Å². The summed E-state index contributed by atoms with van der Waals surface area (Å²) in [5.74, 6) is 0. The van der Waals surface area contributed by atoms with E-state index in [0.29, 0.717) is 0 Å². The van der Waals surface area contributed by atoms with Crippen molar-refractivity contribution in [1.82, 2.24) is 15.0 Å². The van der Waals surface area contributed by atoms with E-state index in [1.807, 2.05) is 37.3 Å². The second-order valence-electron chi connectivity index (χ2n) is 2.53. The highest BCUT2D eigenvalue weighted by Crippen LogP contribution is 2.06. The molecule has 12 heavy (non-hydrogen) atoms. The van der Waals surface area contributed by atoms with Gasteiger partial charge in [0.25, 0.3) is 0 Å². The molecule has 0 bridgehead atoms. The maximum atomic E-state index is 3.90. The van der Waals surface area contributed by atoms with Crippen molar-refractivity contribution in [3.63, 3.8) is 0 Å². The van der Waals surface area contributed by atoms with Crippen LogP contribution in [0.1, 0.15) is 5.69 Å². The second kappa shape index (κ2) is 2.77. The molecular formula is C9H8N3. The molecule has 0 saturated heterocycles. The van der Waals surface area contributed by atoms with Crippen molar-refractivity contribution in [1.29, 1.82) is 0 Å². The monoisotopic (exact) mass is 158 g/mol. The average molecular weight is 158 g/mol. The van der Waals surface area contributed by atoms with Crippen LogP contribution in [0.25, 0.3) is 5.69 Å². The standard InChI is InChI=1S/C9H8N3/c1-8-7-10-11-12(8)9-5-3-2-4-6-9/h2-6H,1H3. The first-order valence-electron chi connectivity index (χ1n) is 3.73. The SMILES string of the molecule is Cc1[c]nnn1-c1ccccc1. The topological polar surface area (TPSA) is 30.7 Å². The molecular weight excluding hydrogens is 150 g/mol. The van der Waals surface area contributed by atoms with Crippen LogP contribution in [-0.2, 0) is 0 Å². The lowest BCUT2D eigenvalue weighted by Crippen LogP contribution is -1.97. The normalized spacial score (nSPS) is 10.1. The largest absolute Gasteiger partial charge is 0.217 e. The predicted octanol–water partition coefficient (Wildman–Crippen LogP) is 1.38. The van der Waals surface area contributed by atoms with Gasteiger partial charge >= 0.3 is 0 Å². The number of benzene rings is 1. The molecule has 59 valence electrons. The molecule has 1 aromatic heterocycles. The number of aryl methyl sites for hydroxylation is 1. The fourth-order valence-electron chi connectivity index (χ4n) is 1.07. The van der Waals surface area contributed by atoms with Crippen LogP contribution in [0.3, 0.4) is 0 Å². The van der Waals surface area contributed by atoms with Crippen molar-refractivity contribution in [2.45, 2.75) is 6.92 Å². The molecule has 0 fully saturated rings. The summed E-state index contributed by atoms with van der Waals surface area (Å²) >= 11 is 0. The molecule has 0 amide bonds. The van der Waals surface area contributed by atoms with Gasteiger partial charge in [-0.25, -0.2) is 4.68 Å². The van der Waals surface area contributed by atoms with E-state index in [2.05, 4.69) is 16.5 Å². The van der Waals surface area contributed by atoms with Crippen LogP contribution in [0, 0.1) is 13.1 Å². The van der Waals surface area contributed by atoms with Crippen molar-refractivity contribution in [2.75, 3.05) is 0 Å². The fraction of sp³-hybridized carbons (Fsp3) is 0.111. The van der Waals surface area contributed by atoms with E-state index in [1.165, 1.54) is 0 Å². The molecule has 1 radical (unpaired) electrons. The maximum absolute atomic E-state index is 3.90. The Morgan fingerprint density at radius 3 is 2.58 bits per heavy atom. The molecule has 0 spiro atoms. The van der Waals surface area contributed by atoms with Crippen molar-refractivity contribution in [2.24, 2.45) is 0 Å². The zero-order valence-electron chi connectivity index (χ0n) is 6.73. The van der Waals surface area contributed by atoms with Crippen LogP contribution in [0.5, 0.6) is 0 Å². The molecule has 0 unspecified atom stereocenters. The Balaban J connectivity index is 2.51. The van der Waals surface area contributed by atoms with E-state index in [0.717, 1.165) is 11.4 Å². The van der Waals surface area contributed by atoms with Gasteiger partial charge in [0.05, 0.1) is 11.4 Å². The Kier molecular flexibility index (Phi) is 1.63. The van der Waals surface area contributed by atoms with Crippen molar-refractivity contribution >= 4 is 0 Å². The molecule has 1 heterocycles. The zero-order valence-corrected chi connectivity index (χ0v) is 6.73. The van der Waals surface area contributed by atoms with Gasteiger partial charge in [-0.2, -0.15) is 0 Å². The van der Waals surface area contributed by atoms with Gasteiger partial charge in [-0.05, 0) is 19.1 Å². The van der Waals surface area contributed by atoms with Crippen LogP contribution in [-0.4, -0.2) is 15.0 Å². The third-order valence-corrected chi connectivity index (χ3v) is 1.66. The number of para-hydroxylation sites is 1. The van der Waals surface area contributed by atoms with E-state index in [4.69, 9.17) is 0 Å². The third kappa shape index (κ3) is 1.09. The molecule has 1 aromatic carbocycles. The molecule has 3 heteroatoms. The van der Waals surface area contributed by atoms with Crippen molar-refractivity contribution in [3.05, 3.63) is 42.2 Å². The minimum atomic E-state index is 0.918. The molecule has 2 rings (SSSR count). The summed E-state index contributed by atoms with van der Waals surface area (Å²) in [4.78, 5) is 0. The predicted molar refractivity (Wildman–Crippen MR) is 44.9 cm³/mol. The lowest BCUT2D eigenvalue weighted by Gasteiger charge is -2.00. The van der Waals surface area contributed by atoms with Crippen LogP contribution in [0.4, 0.5) is 0 Å². The highest BCUT2D eigenvalue weighted by molar-refractivity contribution is 5.30.